The van der Waals surface area contributed by atoms with Crippen molar-refractivity contribution in [3.05, 3.63) is 35.9 Å². The molecule has 5 heterocycles. The van der Waals surface area contributed by atoms with Gasteiger partial charge in [-0.1, -0.05) is 26.0 Å². The Bertz CT molecular complexity index is 1490. The first-order valence-corrected chi connectivity index (χ1v) is 14.4. The van der Waals surface area contributed by atoms with E-state index in [0.29, 0.717) is 19.2 Å². The number of aryl methyl sites for hydroxylation is 1. The lowest BCUT2D eigenvalue weighted by Crippen LogP contribution is -2.55. The number of piperazine rings is 1. The molecule has 0 unspecified atom stereocenters. The number of anilines is 1. The van der Waals surface area contributed by atoms with Gasteiger partial charge in [0.25, 0.3) is 0 Å². The second-order valence-electron chi connectivity index (χ2n) is 11.9. The fourth-order valence-electron chi connectivity index (χ4n) is 5.77. The summed E-state index contributed by atoms with van der Waals surface area (Å²) in [7, 11) is 2.06. The Hall–Kier alpha value is -3.12. The van der Waals surface area contributed by atoms with Crippen LogP contribution in [0, 0.1) is 0 Å². The molecule has 0 atom stereocenters. The summed E-state index contributed by atoms with van der Waals surface area (Å²) in [5, 5.41) is 9.80. The van der Waals surface area contributed by atoms with E-state index in [4.69, 9.17) is 24.7 Å². The minimum Gasteiger partial charge on any atom is -0.394 e. The molecule has 2 fully saturated rings. The molecule has 1 N–H and O–H groups in total. The molecule has 0 amide bonds. The predicted octanol–water partition coefficient (Wildman–Crippen LogP) is 2.55. The molecular weight excluding hydrogens is 506 g/mol. The van der Waals surface area contributed by atoms with Crippen molar-refractivity contribution < 1.29 is 9.84 Å². The average Bonchev–Trinajstić information content (AvgIpc) is 3.51. The molecule has 0 bridgehead atoms. The third-order valence-electron chi connectivity index (χ3n) is 8.38. The fraction of sp³-hybridized carbons (Fsp3) is 0.586. The van der Waals surface area contributed by atoms with Gasteiger partial charge in [0.2, 0.25) is 5.95 Å². The highest BCUT2D eigenvalue weighted by molar-refractivity contribution is 5.86. The van der Waals surface area contributed by atoms with Gasteiger partial charge in [-0.3, -0.25) is 14.4 Å². The number of benzene rings is 1. The van der Waals surface area contributed by atoms with Crippen LogP contribution in [-0.2, 0) is 18.3 Å². The van der Waals surface area contributed by atoms with E-state index < -0.39 is 0 Å². The summed E-state index contributed by atoms with van der Waals surface area (Å²) in [5.74, 6) is 3.60. The van der Waals surface area contributed by atoms with Gasteiger partial charge in [0.05, 0.1) is 37.4 Å². The first-order valence-electron chi connectivity index (χ1n) is 14.4. The lowest BCUT2D eigenvalue weighted by Gasteiger charge is -2.43. The Balaban J connectivity index is 1.41. The van der Waals surface area contributed by atoms with Crippen LogP contribution in [0.15, 0.2) is 24.3 Å². The molecule has 3 aromatic heterocycles. The lowest BCUT2D eigenvalue weighted by atomic mass is 10.0. The minimum absolute atomic E-state index is 0.161. The van der Waals surface area contributed by atoms with E-state index in [1.165, 1.54) is 0 Å². The van der Waals surface area contributed by atoms with Crippen molar-refractivity contribution in [3.8, 4) is 5.95 Å². The van der Waals surface area contributed by atoms with Crippen molar-refractivity contribution in [2.75, 3.05) is 64.0 Å². The largest absolute Gasteiger partial charge is 0.394 e. The van der Waals surface area contributed by atoms with Crippen LogP contribution < -0.4 is 4.90 Å². The standard InChI is InChI=1S/C29H41N9O2/c1-20(2)25-30-21-8-6-7-9-22(21)38(25)28-32-26-24(27(33-28)36-14-16-40-17-15-36)31-23(34(26)5)18-35-10-12-37(13-11-35)29(3,4)19-39/h6-9,20,39H,10-19H2,1-5H3. The molecule has 4 aromatic rings. The second-order valence-corrected chi connectivity index (χ2v) is 11.9. The molecule has 214 valence electrons. The van der Waals surface area contributed by atoms with E-state index in [2.05, 4.69) is 64.6 Å². The van der Waals surface area contributed by atoms with Crippen molar-refractivity contribution in [1.29, 1.82) is 0 Å². The van der Waals surface area contributed by atoms with Gasteiger partial charge in [0, 0.05) is 57.8 Å². The van der Waals surface area contributed by atoms with Gasteiger partial charge < -0.3 is 19.3 Å². The zero-order chi connectivity index (χ0) is 28.0. The van der Waals surface area contributed by atoms with E-state index in [1.54, 1.807) is 0 Å². The summed E-state index contributed by atoms with van der Waals surface area (Å²) in [5.41, 5.74) is 3.41. The SMILES string of the molecule is CC(C)c1nc2ccccc2n1-c1nc(N2CCOCC2)c2nc(CN3CCN(C(C)(C)CO)CC3)n(C)c2n1. The van der Waals surface area contributed by atoms with Gasteiger partial charge >= 0.3 is 0 Å². The van der Waals surface area contributed by atoms with Gasteiger partial charge in [0.1, 0.15) is 11.6 Å². The number of aliphatic hydroxyl groups excluding tert-OH is 1. The van der Waals surface area contributed by atoms with Gasteiger partial charge in [0.15, 0.2) is 17.0 Å². The Kier molecular flexibility index (Phi) is 7.24. The summed E-state index contributed by atoms with van der Waals surface area (Å²) in [6.45, 7) is 16.0. The molecule has 40 heavy (non-hydrogen) atoms. The molecule has 1 aromatic carbocycles. The zero-order valence-electron chi connectivity index (χ0n) is 24.3. The fourth-order valence-corrected chi connectivity index (χ4v) is 5.77. The van der Waals surface area contributed by atoms with Gasteiger partial charge in [-0.15, -0.1) is 0 Å². The highest BCUT2D eigenvalue weighted by Crippen LogP contribution is 2.30. The number of imidazole rings is 2. The van der Waals surface area contributed by atoms with Crippen molar-refractivity contribution in [3.63, 3.8) is 0 Å². The van der Waals surface area contributed by atoms with Crippen LogP contribution in [-0.4, -0.2) is 109 Å². The number of aromatic nitrogens is 6. The monoisotopic (exact) mass is 547 g/mol. The van der Waals surface area contributed by atoms with Crippen molar-refractivity contribution >= 4 is 28.0 Å². The topological polar surface area (TPSA) is 101 Å². The highest BCUT2D eigenvalue weighted by Gasteiger charge is 2.30. The first kappa shape index (κ1) is 27.1. The van der Waals surface area contributed by atoms with Crippen LogP contribution in [0.4, 0.5) is 5.82 Å². The lowest BCUT2D eigenvalue weighted by molar-refractivity contribution is 0.0141. The Morgan fingerprint density at radius 1 is 0.950 bits per heavy atom. The molecule has 2 saturated heterocycles. The maximum Gasteiger partial charge on any atom is 0.239 e. The Labute approximate surface area is 235 Å². The molecule has 11 nitrogen and oxygen atoms in total. The van der Waals surface area contributed by atoms with Gasteiger partial charge in [-0.25, -0.2) is 9.97 Å². The summed E-state index contributed by atoms with van der Waals surface area (Å²) in [6.07, 6.45) is 0. The van der Waals surface area contributed by atoms with E-state index in [0.717, 1.165) is 85.5 Å². The van der Waals surface area contributed by atoms with Crippen LogP contribution in [0.25, 0.3) is 28.1 Å². The highest BCUT2D eigenvalue weighted by atomic mass is 16.5. The zero-order valence-corrected chi connectivity index (χ0v) is 24.3. The molecule has 0 saturated carbocycles. The average molecular weight is 548 g/mol. The number of hydrogen-bond donors (Lipinski definition) is 1. The maximum atomic E-state index is 9.80. The number of morpholine rings is 1. The number of para-hydroxylation sites is 2. The summed E-state index contributed by atoms with van der Waals surface area (Å²) in [6, 6.07) is 8.19. The number of nitrogens with zero attached hydrogens (tertiary/aromatic N) is 9. The van der Waals surface area contributed by atoms with Crippen molar-refractivity contribution in [2.45, 2.75) is 45.7 Å². The van der Waals surface area contributed by atoms with Crippen LogP contribution in [0.2, 0.25) is 0 Å². The number of hydrogen-bond acceptors (Lipinski definition) is 9. The third kappa shape index (κ3) is 4.85. The Morgan fingerprint density at radius 2 is 1.68 bits per heavy atom. The van der Waals surface area contributed by atoms with E-state index in [9.17, 15) is 5.11 Å². The summed E-state index contributed by atoms with van der Waals surface area (Å²) in [4.78, 5) is 27.5. The van der Waals surface area contributed by atoms with Crippen LogP contribution >= 0.6 is 0 Å². The van der Waals surface area contributed by atoms with Crippen LogP contribution in [0.1, 0.15) is 45.3 Å². The minimum atomic E-state index is -0.199. The van der Waals surface area contributed by atoms with Gasteiger partial charge in [-0.05, 0) is 26.0 Å². The number of aliphatic hydroxyl groups is 1. The van der Waals surface area contributed by atoms with Crippen molar-refractivity contribution in [1.82, 2.24) is 38.9 Å². The number of rotatable bonds is 7. The van der Waals surface area contributed by atoms with Crippen molar-refractivity contribution in [2.24, 2.45) is 7.05 Å². The molecule has 2 aliphatic rings. The van der Waals surface area contributed by atoms with Crippen LogP contribution in [0.3, 0.4) is 0 Å². The predicted molar refractivity (Wildman–Crippen MR) is 156 cm³/mol. The van der Waals surface area contributed by atoms with Gasteiger partial charge in [-0.2, -0.15) is 9.97 Å². The molecule has 2 aliphatic heterocycles. The quantitative estimate of drug-likeness (QED) is 0.374. The third-order valence-corrected chi connectivity index (χ3v) is 8.38. The molecule has 0 aliphatic carbocycles. The smallest absolute Gasteiger partial charge is 0.239 e. The molecule has 6 rings (SSSR count). The van der Waals surface area contributed by atoms with E-state index in [-0.39, 0.29) is 18.1 Å². The van der Waals surface area contributed by atoms with E-state index >= 15 is 0 Å². The first-order chi connectivity index (χ1) is 19.3. The normalized spacial score (nSPS) is 18.0. The second kappa shape index (κ2) is 10.7. The number of fused-ring (bicyclic) bond motifs is 2. The molecule has 11 heteroatoms. The summed E-state index contributed by atoms with van der Waals surface area (Å²) >= 11 is 0. The molecule has 0 radical (unpaired) electrons. The van der Waals surface area contributed by atoms with E-state index in [1.807, 2.05) is 18.2 Å². The maximum absolute atomic E-state index is 9.80. The Morgan fingerprint density at radius 3 is 2.38 bits per heavy atom. The molecule has 0 spiro atoms. The van der Waals surface area contributed by atoms with Crippen LogP contribution in [0.5, 0.6) is 0 Å². The summed E-state index contributed by atoms with van der Waals surface area (Å²) < 4.78 is 9.90. The number of ether oxygens (including phenoxy) is 1. The molecular formula is C29H41N9O2.